The normalized spacial score (nSPS) is 10.9. The number of carbonyl (C=O) groups excluding carboxylic acids is 1. The number of hydrazone groups is 1. The fourth-order valence-corrected chi connectivity index (χ4v) is 3.52. The molecule has 0 saturated carbocycles. The molecular weight excluding hydrogens is 476 g/mol. The molecule has 0 unspecified atom stereocenters. The standard InChI is InChI=1S/C19H14Br2N4O2/c1-11-14(10-22-18(24-11)13-5-3-2-4-6-13)19(27)25-23-9-12-7-15(20)17(26)16(21)8-12/h2-10,26H,1H3,(H,25,27)/b23-9+. The number of carbonyl (C=O) groups is 1. The van der Waals surface area contributed by atoms with E-state index in [-0.39, 0.29) is 5.75 Å². The summed E-state index contributed by atoms with van der Waals surface area (Å²) in [5, 5.41) is 13.7. The number of aromatic nitrogens is 2. The summed E-state index contributed by atoms with van der Waals surface area (Å²) in [4.78, 5) is 21.0. The van der Waals surface area contributed by atoms with E-state index < -0.39 is 5.91 Å². The summed E-state index contributed by atoms with van der Waals surface area (Å²) in [6.45, 7) is 1.75. The molecule has 0 spiro atoms. The van der Waals surface area contributed by atoms with Crippen LogP contribution < -0.4 is 5.43 Å². The maximum absolute atomic E-state index is 12.3. The summed E-state index contributed by atoms with van der Waals surface area (Å²) in [5.41, 5.74) is 4.94. The molecule has 8 heteroatoms. The first-order chi connectivity index (χ1) is 13.0. The third kappa shape index (κ3) is 4.58. The van der Waals surface area contributed by atoms with Crippen LogP contribution in [0.3, 0.4) is 0 Å². The lowest BCUT2D eigenvalue weighted by Gasteiger charge is -2.06. The predicted octanol–water partition coefficient (Wildman–Crippen LogP) is 4.45. The number of aryl methyl sites for hydroxylation is 1. The van der Waals surface area contributed by atoms with E-state index in [0.717, 1.165) is 5.56 Å². The van der Waals surface area contributed by atoms with Crippen LogP contribution in [-0.2, 0) is 0 Å². The van der Waals surface area contributed by atoms with Gasteiger partial charge in [0.15, 0.2) is 5.82 Å². The smallest absolute Gasteiger partial charge is 0.274 e. The van der Waals surface area contributed by atoms with Gasteiger partial charge in [-0.25, -0.2) is 15.4 Å². The number of benzene rings is 2. The molecule has 0 bridgehead atoms. The van der Waals surface area contributed by atoms with Gasteiger partial charge in [0.2, 0.25) is 0 Å². The lowest BCUT2D eigenvalue weighted by atomic mass is 10.2. The van der Waals surface area contributed by atoms with E-state index >= 15 is 0 Å². The molecule has 2 aromatic carbocycles. The van der Waals surface area contributed by atoms with E-state index in [1.807, 2.05) is 30.3 Å². The van der Waals surface area contributed by atoms with Crippen LogP contribution in [0.15, 0.2) is 62.7 Å². The number of nitrogens with zero attached hydrogens (tertiary/aromatic N) is 3. The molecule has 0 radical (unpaired) electrons. The highest BCUT2D eigenvalue weighted by Crippen LogP contribution is 2.32. The number of hydrogen-bond acceptors (Lipinski definition) is 5. The van der Waals surface area contributed by atoms with E-state index in [2.05, 4.69) is 52.4 Å². The van der Waals surface area contributed by atoms with Crippen LogP contribution >= 0.6 is 31.9 Å². The van der Waals surface area contributed by atoms with Gasteiger partial charge in [0, 0.05) is 11.8 Å². The highest BCUT2D eigenvalue weighted by molar-refractivity contribution is 9.11. The van der Waals surface area contributed by atoms with E-state index in [1.165, 1.54) is 12.4 Å². The Kier molecular flexibility index (Phi) is 5.98. The zero-order valence-electron chi connectivity index (χ0n) is 14.1. The molecule has 1 amide bonds. The second-order valence-corrected chi connectivity index (χ2v) is 7.30. The number of aromatic hydroxyl groups is 1. The fourth-order valence-electron chi connectivity index (χ4n) is 2.30. The molecule has 0 atom stereocenters. The van der Waals surface area contributed by atoms with E-state index in [1.54, 1.807) is 19.1 Å². The molecule has 0 aliphatic rings. The molecule has 3 aromatic rings. The van der Waals surface area contributed by atoms with Gasteiger partial charge >= 0.3 is 0 Å². The topological polar surface area (TPSA) is 87.5 Å². The number of rotatable bonds is 4. The number of nitrogens with one attached hydrogen (secondary N) is 1. The maximum Gasteiger partial charge on any atom is 0.274 e. The van der Waals surface area contributed by atoms with E-state index in [4.69, 9.17) is 0 Å². The van der Waals surface area contributed by atoms with Crippen molar-refractivity contribution in [2.45, 2.75) is 6.92 Å². The van der Waals surface area contributed by atoms with Gasteiger partial charge in [-0.05, 0) is 56.5 Å². The first-order valence-electron chi connectivity index (χ1n) is 7.86. The van der Waals surface area contributed by atoms with Crippen LogP contribution in [0.5, 0.6) is 5.75 Å². The van der Waals surface area contributed by atoms with Crippen molar-refractivity contribution in [3.63, 3.8) is 0 Å². The number of amides is 1. The van der Waals surface area contributed by atoms with Crippen molar-refractivity contribution in [2.24, 2.45) is 5.10 Å². The Labute approximate surface area is 172 Å². The van der Waals surface area contributed by atoms with Crippen LogP contribution in [0.25, 0.3) is 11.4 Å². The molecule has 3 rings (SSSR count). The zero-order chi connectivity index (χ0) is 19.4. The summed E-state index contributed by atoms with van der Waals surface area (Å²) in [6.07, 6.45) is 2.96. The average Bonchev–Trinajstić information content (AvgIpc) is 2.66. The van der Waals surface area contributed by atoms with Gasteiger partial charge in [0.1, 0.15) is 5.75 Å². The van der Waals surface area contributed by atoms with E-state index in [0.29, 0.717) is 31.6 Å². The van der Waals surface area contributed by atoms with Crippen molar-refractivity contribution in [1.29, 1.82) is 0 Å². The largest absolute Gasteiger partial charge is 0.506 e. The Balaban J connectivity index is 1.73. The molecule has 1 aromatic heterocycles. The maximum atomic E-state index is 12.3. The van der Waals surface area contributed by atoms with Crippen molar-refractivity contribution in [2.75, 3.05) is 0 Å². The SMILES string of the molecule is Cc1nc(-c2ccccc2)ncc1C(=O)N/N=C/c1cc(Br)c(O)c(Br)c1. The molecule has 2 N–H and O–H groups in total. The van der Waals surface area contributed by atoms with Gasteiger partial charge in [-0.3, -0.25) is 4.79 Å². The molecule has 0 saturated heterocycles. The lowest BCUT2D eigenvalue weighted by molar-refractivity contribution is 0.0953. The summed E-state index contributed by atoms with van der Waals surface area (Å²) < 4.78 is 1.04. The minimum atomic E-state index is -0.403. The Morgan fingerprint density at radius 2 is 1.85 bits per heavy atom. The molecule has 0 fully saturated rings. The fraction of sp³-hybridized carbons (Fsp3) is 0.0526. The van der Waals surface area contributed by atoms with Crippen LogP contribution in [0.1, 0.15) is 21.6 Å². The van der Waals surface area contributed by atoms with Crippen LogP contribution in [0.2, 0.25) is 0 Å². The third-order valence-corrected chi connectivity index (χ3v) is 4.88. The predicted molar refractivity (Wildman–Crippen MR) is 111 cm³/mol. The molecule has 136 valence electrons. The van der Waals surface area contributed by atoms with Gasteiger partial charge in [-0.15, -0.1) is 0 Å². The van der Waals surface area contributed by atoms with Crippen molar-refractivity contribution in [3.05, 3.63) is 74.4 Å². The molecule has 0 aliphatic heterocycles. The lowest BCUT2D eigenvalue weighted by Crippen LogP contribution is -2.19. The van der Waals surface area contributed by atoms with Crippen LogP contribution in [0.4, 0.5) is 0 Å². The second-order valence-electron chi connectivity index (χ2n) is 5.59. The number of phenolic OH excluding ortho intramolecular Hbond substituents is 1. The molecular formula is C19H14Br2N4O2. The number of phenols is 1. The van der Waals surface area contributed by atoms with E-state index in [9.17, 15) is 9.90 Å². The third-order valence-electron chi connectivity index (χ3n) is 3.67. The molecule has 6 nitrogen and oxygen atoms in total. The highest BCUT2D eigenvalue weighted by atomic mass is 79.9. The van der Waals surface area contributed by atoms with Gasteiger partial charge in [-0.1, -0.05) is 30.3 Å². The Bertz CT molecular complexity index is 1000. The molecule has 0 aliphatic carbocycles. The van der Waals surface area contributed by atoms with Crippen LogP contribution in [0, 0.1) is 6.92 Å². The van der Waals surface area contributed by atoms with Crippen LogP contribution in [-0.4, -0.2) is 27.2 Å². The Morgan fingerprint density at radius 3 is 2.48 bits per heavy atom. The monoisotopic (exact) mass is 488 g/mol. The first kappa shape index (κ1) is 19.2. The van der Waals surface area contributed by atoms with Crippen molar-refractivity contribution in [1.82, 2.24) is 15.4 Å². The summed E-state index contributed by atoms with van der Waals surface area (Å²) in [7, 11) is 0. The number of hydrogen-bond donors (Lipinski definition) is 2. The first-order valence-corrected chi connectivity index (χ1v) is 9.45. The summed E-state index contributed by atoms with van der Waals surface area (Å²) in [6, 6.07) is 12.9. The minimum absolute atomic E-state index is 0.0995. The van der Waals surface area contributed by atoms with Crippen molar-refractivity contribution in [3.8, 4) is 17.1 Å². The van der Waals surface area contributed by atoms with Crippen molar-refractivity contribution >= 4 is 44.0 Å². The Morgan fingerprint density at radius 1 is 1.19 bits per heavy atom. The average molecular weight is 490 g/mol. The molecule has 27 heavy (non-hydrogen) atoms. The Hall–Kier alpha value is -2.58. The number of halogens is 2. The highest BCUT2D eigenvalue weighted by Gasteiger charge is 2.12. The zero-order valence-corrected chi connectivity index (χ0v) is 17.3. The van der Waals surface area contributed by atoms with Gasteiger partial charge in [0.05, 0.1) is 26.4 Å². The quantitative estimate of drug-likeness (QED) is 0.418. The second kappa shape index (κ2) is 8.41. The van der Waals surface area contributed by atoms with Crippen molar-refractivity contribution < 1.29 is 9.90 Å². The summed E-state index contributed by atoms with van der Waals surface area (Å²) in [5.74, 6) is 0.259. The van der Waals surface area contributed by atoms with Gasteiger partial charge < -0.3 is 5.11 Å². The minimum Gasteiger partial charge on any atom is -0.506 e. The van der Waals surface area contributed by atoms with Gasteiger partial charge in [0.25, 0.3) is 5.91 Å². The molecule has 1 heterocycles. The van der Waals surface area contributed by atoms with Gasteiger partial charge in [-0.2, -0.15) is 5.10 Å². The summed E-state index contributed by atoms with van der Waals surface area (Å²) >= 11 is 6.49.